The monoisotopic (exact) mass is 221 g/mol. The zero-order chi connectivity index (χ0) is 11.4. The topological polar surface area (TPSA) is 20.3 Å². The van der Waals surface area contributed by atoms with Gasteiger partial charge in [0.2, 0.25) is 0 Å². The highest BCUT2D eigenvalue weighted by atomic mass is 35.5. The van der Waals surface area contributed by atoms with E-state index < -0.39 is 0 Å². The van der Waals surface area contributed by atoms with Gasteiger partial charge in [-0.05, 0) is 24.6 Å². The van der Waals surface area contributed by atoms with Crippen LogP contribution in [0.15, 0.2) is 18.2 Å². The highest BCUT2D eigenvalue weighted by Crippen LogP contribution is 2.16. The van der Waals surface area contributed by atoms with Gasteiger partial charge < -0.3 is 4.90 Å². The minimum absolute atomic E-state index is 0.104. The fraction of sp³-hybridized carbons (Fsp3) is 0.250. The van der Waals surface area contributed by atoms with Gasteiger partial charge in [0.15, 0.2) is 0 Å². The lowest BCUT2D eigenvalue weighted by Crippen LogP contribution is -2.27. The van der Waals surface area contributed by atoms with Crippen LogP contribution in [-0.4, -0.2) is 24.4 Å². The molecule has 0 atom stereocenters. The Morgan fingerprint density at radius 3 is 2.87 bits per heavy atom. The number of halogens is 1. The van der Waals surface area contributed by atoms with Crippen molar-refractivity contribution in [3.05, 3.63) is 34.3 Å². The first-order chi connectivity index (χ1) is 7.06. The van der Waals surface area contributed by atoms with Crippen LogP contribution < -0.4 is 0 Å². The first kappa shape index (κ1) is 11.6. The number of rotatable bonds is 2. The Labute approximate surface area is 94.8 Å². The van der Waals surface area contributed by atoms with E-state index in [0.717, 1.165) is 5.56 Å². The van der Waals surface area contributed by atoms with Gasteiger partial charge in [0, 0.05) is 17.6 Å². The number of carbonyl (C=O) groups is 1. The maximum absolute atomic E-state index is 11.9. The number of amides is 1. The molecule has 0 fully saturated rings. The second-order valence-corrected chi connectivity index (χ2v) is 3.76. The molecule has 1 aromatic carbocycles. The summed E-state index contributed by atoms with van der Waals surface area (Å²) in [6.45, 7) is 2.16. The Kier molecular flexibility index (Phi) is 3.76. The highest BCUT2D eigenvalue weighted by Gasteiger charge is 2.13. The van der Waals surface area contributed by atoms with Crippen molar-refractivity contribution in [1.82, 2.24) is 4.90 Å². The van der Waals surface area contributed by atoms with E-state index >= 15 is 0 Å². The predicted molar refractivity (Wildman–Crippen MR) is 62.0 cm³/mol. The first-order valence-corrected chi connectivity index (χ1v) is 4.89. The van der Waals surface area contributed by atoms with Crippen LogP contribution in [0.1, 0.15) is 15.9 Å². The molecule has 0 aliphatic heterocycles. The van der Waals surface area contributed by atoms with Crippen molar-refractivity contribution in [1.29, 1.82) is 0 Å². The zero-order valence-electron chi connectivity index (χ0n) is 8.75. The van der Waals surface area contributed by atoms with E-state index in [4.69, 9.17) is 18.0 Å². The SMILES string of the molecule is C#CCN(C)C(=O)c1cc(Cl)ccc1C. The quantitative estimate of drug-likeness (QED) is 0.703. The van der Waals surface area contributed by atoms with E-state index in [1.165, 1.54) is 4.90 Å². The standard InChI is InChI=1S/C12H12ClNO/c1-4-7-14(3)12(15)11-8-10(13)6-5-9(11)2/h1,5-6,8H,7H2,2-3H3. The molecule has 0 heterocycles. The Balaban J connectivity index is 3.01. The van der Waals surface area contributed by atoms with Crippen molar-refractivity contribution < 1.29 is 4.79 Å². The summed E-state index contributed by atoms with van der Waals surface area (Å²) >= 11 is 5.83. The van der Waals surface area contributed by atoms with Crippen molar-refractivity contribution in [2.24, 2.45) is 0 Å². The molecule has 0 aliphatic rings. The average Bonchev–Trinajstić information content (AvgIpc) is 2.21. The van der Waals surface area contributed by atoms with Crippen molar-refractivity contribution in [3.63, 3.8) is 0 Å². The number of hydrogen-bond acceptors (Lipinski definition) is 1. The lowest BCUT2D eigenvalue weighted by atomic mass is 10.1. The fourth-order valence-electron chi connectivity index (χ4n) is 1.24. The smallest absolute Gasteiger partial charge is 0.254 e. The minimum atomic E-state index is -0.104. The van der Waals surface area contributed by atoms with Gasteiger partial charge in [0.25, 0.3) is 5.91 Å². The molecule has 15 heavy (non-hydrogen) atoms. The Bertz CT molecular complexity index is 420. The summed E-state index contributed by atoms with van der Waals surface area (Å²) in [4.78, 5) is 13.4. The number of nitrogens with zero attached hydrogens (tertiary/aromatic N) is 1. The second-order valence-electron chi connectivity index (χ2n) is 3.32. The van der Waals surface area contributed by atoms with Crippen LogP contribution in [-0.2, 0) is 0 Å². The van der Waals surface area contributed by atoms with Gasteiger partial charge in [-0.2, -0.15) is 0 Å². The molecule has 0 spiro atoms. The molecule has 0 saturated carbocycles. The van der Waals surface area contributed by atoms with Gasteiger partial charge in [0.1, 0.15) is 0 Å². The predicted octanol–water partition coefficient (Wildman–Crippen LogP) is 2.35. The van der Waals surface area contributed by atoms with E-state index in [-0.39, 0.29) is 5.91 Å². The molecule has 0 radical (unpaired) electrons. The number of terminal acetylenes is 1. The minimum Gasteiger partial charge on any atom is -0.331 e. The van der Waals surface area contributed by atoms with Crippen LogP contribution in [0, 0.1) is 19.3 Å². The number of carbonyl (C=O) groups excluding carboxylic acids is 1. The van der Waals surface area contributed by atoms with E-state index in [1.54, 1.807) is 19.2 Å². The van der Waals surface area contributed by atoms with Gasteiger partial charge in [-0.25, -0.2) is 0 Å². The molecule has 0 bridgehead atoms. The van der Waals surface area contributed by atoms with Crippen molar-refractivity contribution in [2.75, 3.05) is 13.6 Å². The third-order valence-corrected chi connectivity index (χ3v) is 2.34. The summed E-state index contributed by atoms with van der Waals surface area (Å²) in [6.07, 6.45) is 5.14. The summed E-state index contributed by atoms with van der Waals surface area (Å²) < 4.78 is 0. The molecule has 0 saturated heterocycles. The Morgan fingerprint density at radius 2 is 2.27 bits per heavy atom. The maximum atomic E-state index is 11.9. The second kappa shape index (κ2) is 4.86. The molecule has 1 amide bonds. The maximum Gasteiger partial charge on any atom is 0.254 e. The largest absolute Gasteiger partial charge is 0.331 e. The van der Waals surface area contributed by atoms with Crippen LogP contribution in [0.25, 0.3) is 0 Å². The molecule has 0 aliphatic carbocycles. The molecule has 0 unspecified atom stereocenters. The molecule has 1 rings (SSSR count). The third-order valence-electron chi connectivity index (χ3n) is 2.11. The van der Waals surface area contributed by atoms with Crippen LogP contribution in [0.5, 0.6) is 0 Å². The molecular weight excluding hydrogens is 210 g/mol. The third kappa shape index (κ3) is 2.74. The van der Waals surface area contributed by atoms with Crippen molar-refractivity contribution in [2.45, 2.75) is 6.92 Å². The average molecular weight is 222 g/mol. The molecule has 3 heteroatoms. The van der Waals surface area contributed by atoms with Crippen LogP contribution in [0.4, 0.5) is 0 Å². The van der Waals surface area contributed by atoms with Crippen molar-refractivity contribution in [3.8, 4) is 12.3 Å². The lowest BCUT2D eigenvalue weighted by Gasteiger charge is -2.15. The van der Waals surface area contributed by atoms with E-state index in [0.29, 0.717) is 17.1 Å². The molecule has 0 N–H and O–H groups in total. The highest BCUT2D eigenvalue weighted by molar-refractivity contribution is 6.31. The molecular formula is C12H12ClNO. The van der Waals surface area contributed by atoms with Gasteiger partial charge in [-0.15, -0.1) is 6.42 Å². The van der Waals surface area contributed by atoms with E-state index in [1.807, 2.05) is 13.0 Å². The van der Waals surface area contributed by atoms with Crippen LogP contribution in [0.2, 0.25) is 5.02 Å². The summed E-state index contributed by atoms with van der Waals surface area (Å²) in [5.41, 5.74) is 1.49. The summed E-state index contributed by atoms with van der Waals surface area (Å²) in [5.74, 6) is 2.32. The zero-order valence-corrected chi connectivity index (χ0v) is 9.51. The number of hydrogen-bond donors (Lipinski definition) is 0. The summed E-state index contributed by atoms with van der Waals surface area (Å²) in [6, 6.07) is 5.24. The van der Waals surface area contributed by atoms with Gasteiger partial charge in [-0.3, -0.25) is 4.79 Å². The number of aryl methyl sites for hydroxylation is 1. The molecule has 2 nitrogen and oxygen atoms in total. The number of benzene rings is 1. The van der Waals surface area contributed by atoms with Gasteiger partial charge >= 0.3 is 0 Å². The molecule has 78 valence electrons. The van der Waals surface area contributed by atoms with Crippen molar-refractivity contribution >= 4 is 17.5 Å². The molecule has 1 aromatic rings. The first-order valence-electron chi connectivity index (χ1n) is 4.51. The Morgan fingerprint density at radius 1 is 1.60 bits per heavy atom. The summed E-state index contributed by atoms with van der Waals surface area (Å²) in [7, 11) is 1.67. The normalized spacial score (nSPS) is 9.47. The van der Waals surface area contributed by atoms with Crippen LogP contribution >= 0.6 is 11.6 Å². The van der Waals surface area contributed by atoms with Gasteiger partial charge in [0.05, 0.1) is 6.54 Å². The Hall–Kier alpha value is -1.46. The molecule has 0 aromatic heterocycles. The van der Waals surface area contributed by atoms with Gasteiger partial charge in [-0.1, -0.05) is 23.6 Å². The van der Waals surface area contributed by atoms with E-state index in [9.17, 15) is 4.79 Å². The lowest BCUT2D eigenvalue weighted by molar-refractivity contribution is 0.0812. The summed E-state index contributed by atoms with van der Waals surface area (Å²) in [5, 5.41) is 0.554. The van der Waals surface area contributed by atoms with E-state index in [2.05, 4.69) is 5.92 Å². The fourth-order valence-corrected chi connectivity index (χ4v) is 1.41. The van der Waals surface area contributed by atoms with Crippen LogP contribution in [0.3, 0.4) is 0 Å².